The molecule has 0 aromatic heterocycles. The maximum atomic E-state index is 5.02. The minimum absolute atomic E-state index is 0.798. The highest BCUT2D eigenvalue weighted by Gasteiger charge is 2.12. The van der Waals surface area contributed by atoms with E-state index in [9.17, 15) is 0 Å². The van der Waals surface area contributed by atoms with Crippen LogP contribution in [-0.2, 0) is 17.8 Å². The molecule has 2 heterocycles. The number of benzene rings is 2. The third-order valence-corrected chi connectivity index (χ3v) is 4.58. The molecule has 0 saturated carbocycles. The Morgan fingerprint density at radius 2 is 1.85 bits per heavy atom. The molecule has 5 nitrogen and oxygen atoms in total. The summed E-state index contributed by atoms with van der Waals surface area (Å²) in [4.78, 5) is 6.43. The van der Waals surface area contributed by atoms with Gasteiger partial charge >= 0.3 is 0 Å². The molecule has 0 aliphatic carbocycles. The summed E-state index contributed by atoms with van der Waals surface area (Å²) in [6.07, 6.45) is 9.88. The lowest BCUT2D eigenvalue weighted by atomic mass is 10.0. The molecule has 1 N–H and O–H groups in total. The lowest BCUT2D eigenvalue weighted by Crippen LogP contribution is -2.21. The first-order valence-electron chi connectivity index (χ1n) is 8.81. The first kappa shape index (κ1) is 16.4. The zero-order chi connectivity index (χ0) is 17.9. The Bertz CT molecular complexity index is 887. The lowest BCUT2D eigenvalue weighted by Gasteiger charge is -2.18. The highest BCUT2D eigenvalue weighted by molar-refractivity contribution is 5.83. The molecular formula is C21H24N4O. The molecule has 2 aromatic carbocycles. The average Bonchev–Trinajstić information content (AvgIpc) is 3.42. The number of rotatable bonds is 7. The maximum absolute atomic E-state index is 5.02. The molecule has 26 heavy (non-hydrogen) atoms. The van der Waals surface area contributed by atoms with Crippen molar-refractivity contribution in [2.45, 2.75) is 13.1 Å². The lowest BCUT2D eigenvalue weighted by molar-refractivity contribution is 0.291. The highest BCUT2D eigenvalue weighted by Crippen LogP contribution is 2.20. The first-order valence-corrected chi connectivity index (χ1v) is 8.81. The summed E-state index contributed by atoms with van der Waals surface area (Å²) in [5.41, 5.74) is 2.61. The largest absolute Gasteiger partial charge is 0.440 e. The number of nitrogens with one attached hydrogen (secondary N) is 1. The molecule has 0 fully saturated rings. The third-order valence-electron chi connectivity index (χ3n) is 4.58. The van der Waals surface area contributed by atoms with E-state index >= 15 is 0 Å². The molecule has 0 amide bonds. The number of hydrogen-bond acceptors (Lipinski definition) is 5. The Kier molecular flexibility index (Phi) is 4.44. The van der Waals surface area contributed by atoms with Gasteiger partial charge in [-0.25, -0.2) is 0 Å². The summed E-state index contributed by atoms with van der Waals surface area (Å²) >= 11 is 0. The number of ether oxygens (including phenoxy) is 1. The van der Waals surface area contributed by atoms with Crippen LogP contribution in [0.15, 0.2) is 73.3 Å². The molecule has 0 saturated heterocycles. The van der Waals surface area contributed by atoms with Gasteiger partial charge in [-0.15, -0.1) is 0 Å². The van der Waals surface area contributed by atoms with E-state index in [2.05, 4.69) is 71.0 Å². The molecule has 0 unspecified atom stereocenters. The van der Waals surface area contributed by atoms with Crippen LogP contribution < -0.4 is 5.32 Å². The van der Waals surface area contributed by atoms with E-state index in [-0.39, 0.29) is 0 Å². The molecule has 134 valence electrons. The summed E-state index contributed by atoms with van der Waals surface area (Å²) in [5.74, 6) is 0.889. The fourth-order valence-corrected chi connectivity index (χ4v) is 3.09. The first-order chi connectivity index (χ1) is 12.7. The van der Waals surface area contributed by atoms with Crippen molar-refractivity contribution in [2.24, 2.45) is 0 Å². The second kappa shape index (κ2) is 7.04. The van der Waals surface area contributed by atoms with E-state index < -0.39 is 0 Å². The van der Waals surface area contributed by atoms with Gasteiger partial charge in [-0.3, -0.25) is 0 Å². The van der Waals surface area contributed by atoms with Gasteiger partial charge in [0.2, 0.25) is 5.88 Å². The molecule has 2 aromatic rings. The Morgan fingerprint density at radius 1 is 1.12 bits per heavy atom. The number of nitrogens with zero attached hydrogens (tertiary/aromatic N) is 3. The van der Waals surface area contributed by atoms with Crippen molar-refractivity contribution in [3.8, 4) is 0 Å². The standard InChI is InChI=1S/C21H24N4O/c1-23-9-10-25(16-23)14-18-4-6-19-11-17(3-5-20(19)12-18)13-22-7-8-24(2)21-15-26-21/h3-12,15,22H,13-14,16H2,1-2H3/b8-7-. The molecular weight excluding hydrogens is 324 g/mol. The van der Waals surface area contributed by atoms with Crippen molar-refractivity contribution in [1.29, 1.82) is 0 Å². The average molecular weight is 348 g/mol. The van der Waals surface area contributed by atoms with E-state index in [1.165, 1.54) is 21.9 Å². The molecule has 0 radical (unpaired) electrons. The fraction of sp³-hybridized carbons (Fsp3) is 0.238. The topological polar surface area (TPSA) is 34.3 Å². The van der Waals surface area contributed by atoms with Gasteiger partial charge in [0.15, 0.2) is 6.26 Å². The van der Waals surface area contributed by atoms with Gasteiger partial charge in [0.1, 0.15) is 0 Å². The Balaban J connectivity index is 1.37. The van der Waals surface area contributed by atoms with E-state index in [0.717, 1.165) is 25.6 Å². The molecule has 0 spiro atoms. The fourth-order valence-electron chi connectivity index (χ4n) is 3.09. The van der Waals surface area contributed by atoms with Crippen LogP contribution in [0, 0.1) is 0 Å². The smallest absolute Gasteiger partial charge is 0.234 e. The van der Waals surface area contributed by atoms with E-state index in [0.29, 0.717) is 0 Å². The van der Waals surface area contributed by atoms with Crippen LogP contribution in [0.1, 0.15) is 11.1 Å². The highest BCUT2D eigenvalue weighted by atomic mass is 16.6. The van der Waals surface area contributed by atoms with Crippen molar-refractivity contribution in [3.63, 3.8) is 0 Å². The SMILES string of the molecule is CN1C=CN(Cc2ccc3cc(CN/C=C\N(C)C4=CO4)ccc3c2)C1. The van der Waals surface area contributed by atoms with Gasteiger partial charge in [0, 0.05) is 52.0 Å². The summed E-state index contributed by atoms with van der Waals surface area (Å²) in [6, 6.07) is 13.4. The molecule has 2 aliphatic heterocycles. The van der Waals surface area contributed by atoms with Crippen LogP contribution in [0.4, 0.5) is 0 Å². The van der Waals surface area contributed by atoms with E-state index in [4.69, 9.17) is 4.74 Å². The second-order valence-corrected chi connectivity index (χ2v) is 6.84. The van der Waals surface area contributed by atoms with Gasteiger partial charge in [0.25, 0.3) is 0 Å². The summed E-state index contributed by atoms with van der Waals surface area (Å²) < 4.78 is 5.02. The van der Waals surface area contributed by atoms with Crippen LogP contribution in [0.2, 0.25) is 0 Å². The molecule has 5 heteroatoms. The van der Waals surface area contributed by atoms with Gasteiger partial charge in [0.05, 0.1) is 6.67 Å². The van der Waals surface area contributed by atoms with Gasteiger partial charge in [-0.1, -0.05) is 24.3 Å². The second-order valence-electron chi connectivity index (χ2n) is 6.84. The van der Waals surface area contributed by atoms with Gasteiger partial charge < -0.3 is 24.8 Å². The maximum Gasteiger partial charge on any atom is 0.234 e. The van der Waals surface area contributed by atoms with Crippen molar-refractivity contribution in [3.05, 3.63) is 84.5 Å². The predicted molar refractivity (Wildman–Crippen MR) is 104 cm³/mol. The number of hydrogen-bond donors (Lipinski definition) is 1. The normalized spacial score (nSPS) is 15.5. The van der Waals surface area contributed by atoms with Crippen molar-refractivity contribution in [1.82, 2.24) is 20.0 Å². The summed E-state index contributed by atoms with van der Waals surface area (Å²) in [6.45, 7) is 2.69. The van der Waals surface area contributed by atoms with Crippen LogP contribution >= 0.6 is 0 Å². The van der Waals surface area contributed by atoms with Crippen LogP contribution in [-0.4, -0.2) is 35.5 Å². The predicted octanol–water partition coefficient (Wildman–Crippen LogP) is 3.34. The summed E-state index contributed by atoms with van der Waals surface area (Å²) in [7, 11) is 4.05. The number of fused-ring (bicyclic) bond motifs is 1. The quantitative estimate of drug-likeness (QED) is 0.830. The molecule has 4 rings (SSSR count). The molecule has 2 aliphatic rings. The molecule has 0 atom stereocenters. The Labute approximate surface area is 154 Å². The van der Waals surface area contributed by atoms with Crippen molar-refractivity contribution in [2.75, 3.05) is 20.8 Å². The Hall–Kier alpha value is -3.08. The van der Waals surface area contributed by atoms with E-state index in [1.807, 2.05) is 24.3 Å². The third kappa shape index (κ3) is 3.94. The zero-order valence-corrected chi connectivity index (χ0v) is 15.2. The minimum Gasteiger partial charge on any atom is -0.440 e. The van der Waals surface area contributed by atoms with Crippen LogP contribution in [0.3, 0.4) is 0 Å². The zero-order valence-electron chi connectivity index (χ0n) is 15.2. The van der Waals surface area contributed by atoms with Gasteiger partial charge in [-0.2, -0.15) is 0 Å². The molecule has 0 bridgehead atoms. The minimum atomic E-state index is 0.798. The van der Waals surface area contributed by atoms with Crippen LogP contribution in [0.25, 0.3) is 10.8 Å². The van der Waals surface area contributed by atoms with Crippen LogP contribution in [0.5, 0.6) is 0 Å². The van der Waals surface area contributed by atoms with E-state index in [1.54, 1.807) is 6.26 Å². The van der Waals surface area contributed by atoms with Crippen molar-refractivity contribution >= 4 is 10.8 Å². The Morgan fingerprint density at radius 3 is 2.54 bits per heavy atom. The van der Waals surface area contributed by atoms with Crippen molar-refractivity contribution < 1.29 is 4.74 Å². The summed E-state index contributed by atoms with van der Waals surface area (Å²) in [5, 5.41) is 5.89. The monoisotopic (exact) mass is 348 g/mol. The van der Waals surface area contributed by atoms with Gasteiger partial charge in [-0.05, 0) is 34.0 Å².